The van der Waals surface area contributed by atoms with Crippen LogP contribution in [0.3, 0.4) is 0 Å². The number of aromatic amines is 1. The second-order valence-corrected chi connectivity index (χ2v) is 7.02. The summed E-state index contributed by atoms with van der Waals surface area (Å²) in [4.78, 5) is 22.6. The summed E-state index contributed by atoms with van der Waals surface area (Å²) >= 11 is 0. The Morgan fingerprint density at radius 3 is 2.06 bits per heavy atom. The fraction of sp³-hybridized carbons (Fsp3) is 0.526. The summed E-state index contributed by atoms with van der Waals surface area (Å²) in [6.07, 6.45) is -10.2. The third kappa shape index (κ3) is 10.8. The van der Waals surface area contributed by atoms with Gasteiger partial charge in [-0.05, 0) is 13.1 Å². The molecular weight excluding hydrogens is 478 g/mol. The molecule has 0 aliphatic carbocycles. The van der Waals surface area contributed by atoms with Crippen molar-refractivity contribution in [2.45, 2.75) is 18.9 Å². The largest absolute Gasteiger partial charge is 0.490 e. The maximum Gasteiger partial charge on any atom is 0.490 e. The number of alkyl halides is 6. The molecular formula is C19H24F6N4O5. The molecule has 1 aliphatic heterocycles. The minimum absolute atomic E-state index is 0.870. The van der Waals surface area contributed by atoms with E-state index in [0.29, 0.717) is 0 Å². The highest BCUT2D eigenvalue weighted by Gasteiger charge is 2.38. The van der Waals surface area contributed by atoms with E-state index in [2.05, 4.69) is 39.2 Å². The Hall–Kier alpha value is -2.91. The first-order valence-electron chi connectivity index (χ1n) is 9.72. The lowest BCUT2D eigenvalue weighted by atomic mass is 10.2. The normalized spacial score (nSPS) is 14.7. The number of nitrogens with zero attached hydrogens (tertiary/aromatic N) is 3. The number of para-hydroxylation sites is 1. The molecule has 0 atom stereocenters. The van der Waals surface area contributed by atoms with E-state index in [4.69, 9.17) is 24.5 Å². The molecule has 34 heavy (non-hydrogen) atoms. The molecule has 0 radical (unpaired) electrons. The van der Waals surface area contributed by atoms with Gasteiger partial charge in [0.05, 0.1) is 24.4 Å². The molecule has 1 aromatic carbocycles. The van der Waals surface area contributed by atoms with Crippen LogP contribution in [0.5, 0.6) is 0 Å². The quantitative estimate of drug-likeness (QED) is 0.534. The zero-order chi connectivity index (χ0) is 25.9. The molecule has 0 unspecified atom stereocenters. The van der Waals surface area contributed by atoms with Gasteiger partial charge in [-0.15, -0.1) is 0 Å². The predicted molar refractivity (Wildman–Crippen MR) is 107 cm³/mol. The number of benzene rings is 1. The van der Waals surface area contributed by atoms with Crippen molar-refractivity contribution in [2.75, 3.05) is 46.4 Å². The van der Waals surface area contributed by atoms with Crippen LogP contribution in [0.15, 0.2) is 24.3 Å². The van der Waals surface area contributed by atoms with Crippen molar-refractivity contribution in [2.24, 2.45) is 0 Å². The molecule has 3 rings (SSSR count). The van der Waals surface area contributed by atoms with Crippen LogP contribution in [0.2, 0.25) is 0 Å². The number of fused-ring (bicyclic) bond motifs is 1. The zero-order valence-electron chi connectivity index (χ0n) is 18.0. The molecule has 3 N–H and O–H groups in total. The van der Waals surface area contributed by atoms with Crippen molar-refractivity contribution < 1.29 is 50.9 Å². The number of aromatic nitrogens is 2. The number of aliphatic carboxylic acids is 2. The van der Waals surface area contributed by atoms with Crippen LogP contribution in [0.25, 0.3) is 10.9 Å². The molecule has 9 nitrogen and oxygen atoms in total. The van der Waals surface area contributed by atoms with Crippen LogP contribution in [0, 0.1) is 0 Å². The van der Waals surface area contributed by atoms with Crippen molar-refractivity contribution in [3.63, 3.8) is 0 Å². The van der Waals surface area contributed by atoms with Crippen molar-refractivity contribution >= 4 is 22.8 Å². The van der Waals surface area contributed by atoms with E-state index in [1.807, 2.05) is 12.1 Å². The minimum atomic E-state index is -5.08. The number of ether oxygens (including phenoxy) is 1. The van der Waals surface area contributed by atoms with E-state index in [1.54, 1.807) is 0 Å². The van der Waals surface area contributed by atoms with Crippen LogP contribution < -0.4 is 0 Å². The highest BCUT2D eigenvalue weighted by atomic mass is 19.4. The first kappa shape index (κ1) is 29.1. The molecule has 0 spiro atoms. The number of rotatable bonds is 5. The van der Waals surface area contributed by atoms with Crippen molar-refractivity contribution in [1.29, 1.82) is 0 Å². The highest BCUT2D eigenvalue weighted by molar-refractivity contribution is 5.81. The van der Waals surface area contributed by atoms with E-state index in [-0.39, 0.29) is 0 Å². The number of morpholine rings is 1. The summed E-state index contributed by atoms with van der Waals surface area (Å²) in [7, 11) is 2.16. The number of carboxylic acids is 2. The van der Waals surface area contributed by atoms with Gasteiger partial charge in [-0.25, -0.2) is 9.59 Å². The third-order valence-electron chi connectivity index (χ3n) is 4.36. The topological polar surface area (TPSA) is 119 Å². The molecule has 1 aliphatic rings. The molecule has 1 aromatic heterocycles. The molecule has 192 valence electrons. The summed E-state index contributed by atoms with van der Waals surface area (Å²) in [5, 5.41) is 23.0. The number of hydrogen-bond donors (Lipinski definition) is 3. The second kappa shape index (κ2) is 13.1. The number of likely N-dealkylation sites (N-methyl/N-ethyl adjacent to an activating group) is 1. The Balaban J connectivity index is 0.000000343. The van der Waals surface area contributed by atoms with Crippen LogP contribution in [0.1, 0.15) is 5.69 Å². The molecule has 1 fully saturated rings. The number of H-pyrrole nitrogens is 1. The van der Waals surface area contributed by atoms with Crippen molar-refractivity contribution in [1.82, 2.24) is 20.0 Å². The lowest BCUT2D eigenvalue weighted by Gasteiger charge is -2.28. The second-order valence-electron chi connectivity index (χ2n) is 7.02. The number of halogens is 6. The number of carbonyl (C=O) groups is 2. The van der Waals surface area contributed by atoms with E-state index in [1.165, 1.54) is 11.1 Å². The monoisotopic (exact) mass is 502 g/mol. The van der Waals surface area contributed by atoms with E-state index in [9.17, 15) is 26.3 Å². The number of carboxylic acid groups (broad SMARTS) is 2. The summed E-state index contributed by atoms with van der Waals surface area (Å²) in [6.45, 7) is 6.93. The average molecular weight is 502 g/mol. The Kier molecular flexibility index (Phi) is 11.2. The molecule has 2 aromatic rings. The van der Waals surface area contributed by atoms with Crippen LogP contribution in [0.4, 0.5) is 26.3 Å². The number of hydrogen-bond acceptors (Lipinski definition) is 6. The van der Waals surface area contributed by atoms with Crippen LogP contribution in [-0.2, 0) is 20.9 Å². The third-order valence-corrected chi connectivity index (χ3v) is 4.36. The van der Waals surface area contributed by atoms with Crippen LogP contribution in [-0.4, -0.2) is 101 Å². The van der Waals surface area contributed by atoms with E-state index in [0.717, 1.165) is 51.5 Å². The highest BCUT2D eigenvalue weighted by Crippen LogP contribution is 2.16. The lowest BCUT2D eigenvalue weighted by molar-refractivity contribution is -0.193. The van der Waals surface area contributed by atoms with Gasteiger partial charge in [0, 0.05) is 38.1 Å². The number of nitrogens with one attached hydrogen (secondary N) is 1. The maximum atomic E-state index is 10.6. The van der Waals surface area contributed by atoms with Gasteiger partial charge in [0.25, 0.3) is 0 Å². The van der Waals surface area contributed by atoms with Gasteiger partial charge in [-0.3, -0.25) is 14.9 Å². The first-order chi connectivity index (χ1) is 15.7. The maximum absolute atomic E-state index is 10.6. The molecule has 2 heterocycles. The summed E-state index contributed by atoms with van der Waals surface area (Å²) < 4.78 is 68.8. The fourth-order valence-corrected chi connectivity index (χ4v) is 2.62. The van der Waals surface area contributed by atoms with Gasteiger partial charge in [0.2, 0.25) is 0 Å². The van der Waals surface area contributed by atoms with Gasteiger partial charge in [0.15, 0.2) is 0 Å². The fourth-order valence-electron chi connectivity index (χ4n) is 2.62. The van der Waals surface area contributed by atoms with Gasteiger partial charge in [0.1, 0.15) is 0 Å². The van der Waals surface area contributed by atoms with Gasteiger partial charge < -0.3 is 14.9 Å². The average Bonchev–Trinajstić information content (AvgIpc) is 3.15. The summed E-state index contributed by atoms with van der Waals surface area (Å²) in [5.74, 6) is -5.51. The standard InChI is InChI=1S/C15H22N4O.2C2HF3O2/c1-18(6-7-19-8-10-20-11-9-19)12-15-13-4-2-3-5-14(13)16-17-15;2*3-2(4,5)1(6)7/h2-5H,6-12H2,1H3,(H,16,17);2*(H,6,7). The summed E-state index contributed by atoms with van der Waals surface area (Å²) in [5.41, 5.74) is 2.24. The van der Waals surface area contributed by atoms with Crippen LogP contribution >= 0.6 is 0 Å². The van der Waals surface area contributed by atoms with E-state index < -0.39 is 24.3 Å². The molecule has 0 bridgehead atoms. The Bertz CT molecular complexity index is 888. The Morgan fingerprint density at radius 1 is 1.06 bits per heavy atom. The molecule has 1 saturated heterocycles. The smallest absolute Gasteiger partial charge is 0.475 e. The molecule has 0 saturated carbocycles. The predicted octanol–water partition coefficient (Wildman–Crippen LogP) is 2.59. The van der Waals surface area contributed by atoms with Gasteiger partial charge in [-0.1, -0.05) is 18.2 Å². The molecule has 15 heteroatoms. The zero-order valence-corrected chi connectivity index (χ0v) is 18.0. The first-order valence-corrected chi connectivity index (χ1v) is 9.72. The lowest BCUT2D eigenvalue weighted by Crippen LogP contribution is -2.40. The Labute approximate surface area is 189 Å². The van der Waals surface area contributed by atoms with Crippen molar-refractivity contribution in [3.05, 3.63) is 30.0 Å². The van der Waals surface area contributed by atoms with Crippen molar-refractivity contribution in [3.8, 4) is 0 Å². The summed E-state index contributed by atoms with van der Waals surface area (Å²) in [6, 6.07) is 8.26. The van der Waals surface area contributed by atoms with Gasteiger partial charge >= 0.3 is 24.3 Å². The molecule has 0 amide bonds. The SMILES string of the molecule is CN(CCN1CCOCC1)Cc1[nH]nc2ccccc12.O=C(O)C(F)(F)F.O=C(O)C(F)(F)F. The Morgan fingerprint density at radius 2 is 1.56 bits per heavy atom. The van der Waals surface area contributed by atoms with Gasteiger partial charge in [-0.2, -0.15) is 31.4 Å². The van der Waals surface area contributed by atoms with E-state index >= 15 is 0 Å². The minimum Gasteiger partial charge on any atom is -0.475 e.